The lowest BCUT2D eigenvalue weighted by molar-refractivity contribution is -0.890. The normalized spacial score (nSPS) is 11.1. The van der Waals surface area contributed by atoms with Crippen LogP contribution in [0.25, 0.3) is 0 Å². The third-order valence-corrected chi connectivity index (χ3v) is 5.37. The zero-order valence-electron chi connectivity index (χ0n) is 19.2. The summed E-state index contributed by atoms with van der Waals surface area (Å²) >= 11 is 0. The van der Waals surface area contributed by atoms with E-state index in [2.05, 4.69) is 27.6 Å². The molecule has 0 bridgehead atoms. The highest BCUT2D eigenvalue weighted by Crippen LogP contribution is 2.11. The van der Waals surface area contributed by atoms with E-state index in [1.165, 1.54) is 77.2 Å². The molecule has 0 aliphatic carbocycles. The Morgan fingerprint density at radius 3 is 1.96 bits per heavy atom. The molecule has 0 saturated heterocycles. The second-order valence-electron chi connectivity index (χ2n) is 8.67. The molecule has 0 atom stereocenters. The molecule has 0 aromatic heterocycles. The third-order valence-electron chi connectivity index (χ3n) is 5.37. The Balaban J connectivity index is 0. The van der Waals surface area contributed by atoms with Crippen LogP contribution in [0.5, 0.6) is 0 Å². The number of unbranched alkanes of at least 4 members (excludes halogenated alkanes) is 12. The number of allylic oxidation sites excluding steroid dienone is 1. The number of carbonyl (C=O) groups is 1. The van der Waals surface area contributed by atoms with Gasteiger partial charge in [-0.3, -0.25) is 4.79 Å². The maximum absolute atomic E-state index is 11.8. The van der Waals surface area contributed by atoms with E-state index in [0.29, 0.717) is 13.0 Å². The zero-order valence-corrected chi connectivity index (χ0v) is 20.7. The van der Waals surface area contributed by atoms with Crippen LogP contribution in [0.1, 0.15) is 103 Å². The molecule has 3 nitrogen and oxygen atoms in total. The van der Waals surface area contributed by atoms with Crippen molar-refractivity contribution in [2.75, 3.05) is 33.8 Å². The van der Waals surface area contributed by atoms with Gasteiger partial charge < -0.3 is 26.2 Å². The van der Waals surface area contributed by atoms with Gasteiger partial charge in [0.1, 0.15) is 13.2 Å². The summed E-state index contributed by atoms with van der Waals surface area (Å²) in [7, 11) is 4.49. The van der Waals surface area contributed by atoms with Crippen molar-refractivity contribution in [1.29, 1.82) is 0 Å². The maximum atomic E-state index is 11.8. The maximum Gasteiger partial charge on any atom is 0.305 e. The van der Waals surface area contributed by atoms with E-state index in [9.17, 15) is 4.79 Å². The average Bonchev–Trinajstić information content (AvgIpc) is 2.63. The lowest BCUT2D eigenvalue weighted by Crippen LogP contribution is -3.00. The van der Waals surface area contributed by atoms with E-state index in [1.807, 2.05) is 6.08 Å². The number of carbonyl (C=O) groups excluding carboxylic acids is 1. The molecule has 0 heterocycles. The van der Waals surface area contributed by atoms with Crippen molar-refractivity contribution in [1.82, 2.24) is 0 Å². The number of likely N-dealkylation sites (N-methyl/N-ethyl adjacent to an activating group) is 1. The van der Waals surface area contributed by atoms with Crippen LogP contribution in [0.2, 0.25) is 0 Å². The summed E-state index contributed by atoms with van der Waals surface area (Å²) in [5.74, 6) is -0.0161. The molecule has 0 unspecified atom stereocenters. The quantitative estimate of drug-likeness (QED) is 0.119. The van der Waals surface area contributed by atoms with Crippen LogP contribution in [0.4, 0.5) is 0 Å². The van der Waals surface area contributed by atoms with Crippen LogP contribution in [-0.4, -0.2) is 44.2 Å². The minimum atomic E-state index is -0.0161. The summed E-state index contributed by atoms with van der Waals surface area (Å²) in [6, 6.07) is 0. The molecule has 4 heteroatoms. The highest BCUT2D eigenvalue weighted by molar-refractivity contribution is 5.69. The predicted octanol–water partition coefficient (Wildman–Crippen LogP) is 3.67. The molecule has 0 N–H and O–H groups in total. The summed E-state index contributed by atoms with van der Waals surface area (Å²) in [6.07, 6.45) is 20.3. The predicted molar refractivity (Wildman–Crippen MR) is 118 cm³/mol. The van der Waals surface area contributed by atoms with Crippen LogP contribution in [0, 0.1) is 0 Å². The van der Waals surface area contributed by atoms with Gasteiger partial charge in [0.25, 0.3) is 0 Å². The number of hydrogen-bond donors (Lipinski definition) is 0. The van der Waals surface area contributed by atoms with Crippen molar-refractivity contribution < 1.29 is 31.0 Å². The molecular formula is C24H48BrNO2. The number of ether oxygens (including phenoxy) is 1. The molecule has 0 rings (SSSR count). The van der Waals surface area contributed by atoms with E-state index < -0.39 is 0 Å². The first-order valence-corrected chi connectivity index (χ1v) is 11.6. The number of hydrogen-bond acceptors (Lipinski definition) is 2. The molecule has 0 saturated carbocycles. The molecule has 0 amide bonds. The van der Waals surface area contributed by atoms with Gasteiger partial charge in [0.05, 0.1) is 20.6 Å². The van der Waals surface area contributed by atoms with Crippen molar-refractivity contribution in [3.8, 4) is 0 Å². The second kappa shape index (κ2) is 21.4. The number of esters is 1. The Kier molecular flexibility index (Phi) is 22.8. The average molecular weight is 463 g/mol. The van der Waals surface area contributed by atoms with Gasteiger partial charge in [-0.05, 0) is 32.1 Å². The lowest BCUT2D eigenvalue weighted by atomic mass is 10.1. The fourth-order valence-electron chi connectivity index (χ4n) is 3.35. The van der Waals surface area contributed by atoms with Crippen molar-refractivity contribution in [2.24, 2.45) is 0 Å². The third kappa shape index (κ3) is 21.9. The Morgan fingerprint density at radius 1 is 0.821 bits per heavy atom. The smallest absolute Gasteiger partial charge is 0.305 e. The summed E-state index contributed by atoms with van der Waals surface area (Å²) in [4.78, 5) is 11.8. The number of rotatable bonds is 20. The Bertz CT molecular complexity index is 359. The first-order valence-electron chi connectivity index (χ1n) is 11.6. The van der Waals surface area contributed by atoms with Gasteiger partial charge in [0, 0.05) is 6.42 Å². The molecular weight excluding hydrogens is 414 g/mol. The Morgan fingerprint density at radius 2 is 1.36 bits per heavy atom. The van der Waals surface area contributed by atoms with E-state index in [1.54, 1.807) is 0 Å². The molecule has 168 valence electrons. The van der Waals surface area contributed by atoms with Crippen LogP contribution in [0.15, 0.2) is 12.7 Å². The molecule has 0 aromatic carbocycles. The summed E-state index contributed by atoms with van der Waals surface area (Å²) in [5.41, 5.74) is 0. The zero-order chi connectivity index (χ0) is 20.2. The van der Waals surface area contributed by atoms with Gasteiger partial charge in [-0.1, -0.05) is 70.8 Å². The van der Waals surface area contributed by atoms with Gasteiger partial charge in [-0.2, -0.15) is 0 Å². The fraction of sp³-hybridized carbons (Fsp3) is 0.875. The minimum absolute atomic E-state index is 0. The lowest BCUT2D eigenvalue weighted by Gasteiger charge is -2.29. The summed E-state index contributed by atoms with van der Waals surface area (Å²) in [5, 5.41) is 0. The van der Waals surface area contributed by atoms with E-state index >= 15 is 0 Å². The van der Waals surface area contributed by atoms with Gasteiger partial charge >= 0.3 is 5.97 Å². The van der Waals surface area contributed by atoms with Crippen molar-refractivity contribution in [3.63, 3.8) is 0 Å². The molecule has 0 fully saturated rings. The first kappa shape index (κ1) is 29.8. The summed E-state index contributed by atoms with van der Waals surface area (Å²) < 4.78 is 6.40. The van der Waals surface area contributed by atoms with Crippen molar-refractivity contribution in [3.05, 3.63) is 12.7 Å². The van der Waals surface area contributed by atoms with Crippen molar-refractivity contribution >= 4 is 5.97 Å². The Labute approximate surface area is 186 Å². The molecule has 0 radical (unpaired) electrons. The van der Waals surface area contributed by atoms with Crippen LogP contribution in [-0.2, 0) is 9.53 Å². The molecule has 0 aliphatic heterocycles. The van der Waals surface area contributed by atoms with E-state index in [0.717, 1.165) is 30.3 Å². The van der Waals surface area contributed by atoms with Gasteiger partial charge in [-0.15, -0.1) is 6.58 Å². The Hall–Kier alpha value is -0.350. The highest BCUT2D eigenvalue weighted by Gasteiger charge is 2.15. The first-order chi connectivity index (χ1) is 13.0. The van der Waals surface area contributed by atoms with Gasteiger partial charge in [0.2, 0.25) is 0 Å². The SMILES string of the molecule is C=CCCCCCCCCC(=O)OCC[N+](C)(C)CCCCCCCCC.[Br-]. The fourth-order valence-corrected chi connectivity index (χ4v) is 3.35. The minimum Gasteiger partial charge on any atom is -1.00 e. The highest BCUT2D eigenvalue weighted by atomic mass is 79.9. The number of quaternary nitrogens is 1. The van der Waals surface area contributed by atoms with Crippen LogP contribution in [0.3, 0.4) is 0 Å². The number of halogens is 1. The topological polar surface area (TPSA) is 26.3 Å². The number of nitrogens with zero attached hydrogens (tertiary/aromatic N) is 1. The van der Waals surface area contributed by atoms with Crippen LogP contribution >= 0.6 is 0 Å². The standard InChI is InChI=1S/C24H48NO2.BrH/c1-5-7-9-11-13-14-16-18-20-24(26)27-23-22-25(3,4)21-19-17-15-12-10-8-6-2;/h5H,1,6-23H2,2-4H3;1H/q+1;/p-1. The van der Waals surface area contributed by atoms with E-state index in [-0.39, 0.29) is 23.0 Å². The molecule has 0 spiro atoms. The molecule has 0 aliphatic rings. The van der Waals surface area contributed by atoms with Crippen molar-refractivity contribution in [2.45, 2.75) is 103 Å². The largest absolute Gasteiger partial charge is 1.00 e. The summed E-state index contributed by atoms with van der Waals surface area (Å²) in [6.45, 7) is 8.67. The van der Waals surface area contributed by atoms with Gasteiger partial charge in [0.15, 0.2) is 0 Å². The second-order valence-corrected chi connectivity index (χ2v) is 8.67. The van der Waals surface area contributed by atoms with Gasteiger partial charge in [-0.25, -0.2) is 0 Å². The molecule has 28 heavy (non-hydrogen) atoms. The molecule has 0 aromatic rings. The monoisotopic (exact) mass is 461 g/mol. The van der Waals surface area contributed by atoms with Crippen LogP contribution < -0.4 is 17.0 Å². The van der Waals surface area contributed by atoms with E-state index in [4.69, 9.17) is 4.74 Å².